The van der Waals surface area contributed by atoms with Crippen molar-refractivity contribution in [2.45, 2.75) is 19.8 Å². The molecule has 0 aromatic heterocycles. The summed E-state index contributed by atoms with van der Waals surface area (Å²) in [4.78, 5) is 22.8. The predicted octanol–water partition coefficient (Wildman–Crippen LogP) is 2.86. The summed E-state index contributed by atoms with van der Waals surface area (Å²) in [5, 5.41) is 0. The van der Waals surface area contributed by atoms with Gasteiger partial charge in [-0.15, -0.1) is 0 Å². The van der Waals surface area contributed by atoms with Crippen LogP contribution in [0, 0.1) is 0 Å². The number of Topliss-reactive ketones (excluding diaryl/α,β-unsaturated/α-hetero) is 1. The van der Waals surface area contributed by atoms with Gasteiger partial charge in [0, 0.05) is 18.1 Å². The largest absolute Gasteiger partial charge is 0.466 e. The molecule has 0 aliphatic carbocycles. The van der Waals surface area contributed by atoms with E-state index in [9.17, 15) is 9.59 Å². The lowest BCUT2D eigenvalue weighted by Gasteiger charge is -2.03. The van der Waals surface area contributed by atoms with Gasteiger partial charge in [0.05, 0.1) is 7.11 Å². The zero-order valence-corrected chi connectivity index (χ0v) is 10.1. The zero-order chi connectivity index (χ0) is 12.7. The molecule has 90 valence electrons. The van der Waals surface area contributed by atoms with Gasteiger partial charge in [0.15, 0.2) is 5.78 Å². The Morgan fingerprint density at radius 2 is 2.00 bits per heavy atom. The summed E-state index contributed by atoms with van der Waals surface area (Å²) in [5.74, 6) is -0.333. The quantitative estimate of drug-likeness (QED) is 0.445. The van der Waals surface area contributed by atoms with Crippen LogP contribution in [0.15, 0.2) is 30.3 Å². The number of carbonyl (C=O) groups excluding carboxylic acids is 2. The standard InChI is InChI=1S/C14H16O3/c1-3-6-13(15)12-8-5-4-7-11(12)9-10-14(16)17-2/h4-5,7-10H,3,6H2,1-2H3/b10-9+. The number of esters is 1. The monoisotopic (exact) mass is 232 g/mol. The number of benzene rings is 1. The third-order valence-electron chi connectivity index (χ3n) is 2.34. The first-order chi connectivity index (χ1) is 8.19. The van der Waals surface area contributed by atoms with Gasteiger partial charge in [0.25, 0.3) is 0 Å². The Hall–Kier alpha value is -1.90. The summed E-state index contributed by atoms with van der Waals surface area (Å²) in [5.41, 5.74) is 1.39. The molecule has 1 aromatic rings. The Kier molecular flexibility index (Phi) is 5.14. The number of methoxy groups -OCH3 is 1. The van der Waals surface area contributed by atoms with Crippen LogP contribution in [0.3, 0.4) is 0 Å². The summed E-state index contributed by atoms with van der Waals surface area (Å²) in [7, 11) is 1.32. The van der Waals surface area contributed by atoms with Crippen LogP contribution in [0.4, 0.5) is 0 Å². The van der Waals surface area contributed by atoms with E-state index in [2.05, 4.69) is 4.74 Å². The molecule has 0 heterocycles. The molecule has 0 fully saturated rings. The summed E-state index contributed by atoms with van der Waals surface area (Å²) in [6, 6.07) is 7.23. The third kappa shape index (κ3) is 3.87. The lowest BCUT2D eigenvalue weighted by atomic mass is 10.0. The highest BCUT2D eigenvalue weighted by molar-refractivity contribution is 6.00. The van der Waals surface area contributed by atoms with E-state index in [-0.39, 0.29) is 5.78 Å². The van der Waals surface area contributed by atoms with Crippen molar-refractivity contribution in [3.8, 4) is 0 Å². The molecule has 0 saturated carbocycles. The van der Waals surface area contributed by atoms with E-state index in [1.165, 1.54) is 13.2 Å². The summed E-state index contributed by atoms with van der Waals surface area (Å²) in [6.45, 7) is 1.96. The molecule has 0 radical (unpaired) electrons. The Morgan fingerprint density at radius 3 is 2.65 bits per heavy atom. The van der Waals surface area contributed by atoms with Crippen molar-refractivity contribution < 1.29 is 14.3 Å². The molecule has 0 bridgehead atoms. The SMILES string of the molecule is CCCC(=O)c1ccccc1/C=C/C(=O)OC. The summed E-state index contributed by atoms with van der Waals surface area (Å²) >= 11 is 0. The first-order valence-electron chi connectivity index (χ1n) is 5.57. The molecule has 17 heavy (non-hydrogen) atoms. The molecule has 0 saturated heterocycles. The topological polar surface area (TPSA) is 43.4 Å². The number of ketones is 1. The highest BCUT2D eigenvalue weighted by atomic mass is 16.5. The lowest BCUT2D eigenvalue weighted by Crippen LogP contribution is -2.01. The van der Waals surface area contributed by atoms with E-state index >= 15 is 0 Å². The molecule has 0 atom stereocenters. The molecule has 1 rings (SSSR count). The van der Waals surface area contributed by atoms with Gasteiger partial charge in [-0.3, -0.25) is 4.79 Å². The Balaban J connectivity index is 2.96. The number of ether oxygens (including phenoxy) is 1. The second-order valence-electron chi connectivity index (χ2n) is 3.62. The molecule has 0 aliphatic heterocycles. The minimum absolute atomic E-state index is 0.0950. The van der Waals surface area contributed by atoms with Crippen LogP contribution in [0.25, 0.3) is 6.08 Å². The second kappa shape index (κ2) is 6.63. The van der Waals surface area contributed by atoms with Crippen molar-refractivity contribution in [2.75, 3.05) is 7.11 Å². The lowest BCUT2D eigenvalue weighted by molar-refractivity contribution is -0.134. The normalized spacial score (nSPS) is 10.5. The second-order valence-corrected chi connectivity index (χ2v) is 3.62. The van der Waals surface area contributed by atoms with Gasteiger partial charge in [0.2, 0.25) is 0 Å². The average molecular weight is 232 g/mol. The van der Waals surface area contributed by atoms with Gasteiger partial charge in [0.1, 0.15) is 0 Å². The van der Waals surface area contributed by atoms with Crippen LogP contribution in [0.1, 0.15) is 35.7 Å². The minimum atomic E-state index is -0.428. The predicted molar refractivity (Wildman–Crippen MR) is 66.7 cm³/mol. The fourth-order valence-electron chi connectivity index (χ4n) is 1.48. The molecular weight excluding hydrogens is 216 g/mol. The van der Waals surface area contributed by atoms with E-state index < -0.39 is 5.97 Å². The molecule has 3 heteroatoms. The molecule has 0 amide bonds. The molecule has 1 aromatic carbocycles. The van der Waals surface area contributed by atoms with Gasteiger partial charge in [-0.2, -0.15) is 0 Å². The Morgan fingerprint density at radius 1 is 1.29 bits per heavy atom. The third-order valence-corrected chi connectivity index (χ3v) is 2.34. The minimum Gasteiger partial charge on any atom is -0.466 e. The summed E-state index contributed by atoms with van der Waals surface area (Å²) in [6.07, 6.45) is 4.25. The molecular formula is C14H16O3. The smallest absolute Gasteiger partial charge is 0.330 e. The van der Waals surface area contributed by atoms with Crippen LogP contribution in [-0.4, -0.2) is 18.9 Å². The van der Waals surface area contributed by atoms with Gasteiger partial charge in [-0.1, -0.05) is 31.2 Å². The summed E-state index contributed by atoms with van der Waals surface area (Å²) < 4.78 is 4.51. The van der Waals surface area contributed by atoms with E-state index in [0.29, 0.717) is 12.0 Å². The van der Waals surface area contributed by atoms with E-state index in [4.69, 9.17) is 0 Å². The van der Waals surface area contributed by atoms with E-state index in [0.717, 1.165) is 12.0 Å². The fraction of sp³-hybridized carbons (Fsp3) is 0.286. The fourth-order valence-corrected chi connectivity index (χ4v) is 1.48. The van der Waals surface area contributed by atoms with Gasteiger partial charge in [-0.25, -0.2) is 4.79 Å². The average Bonchev–Trinajstić information content (AvgIpc) is 2.36. The van der Waals surface area contributed by atoms with Crippen molar-refractivity contribution >= 4 is 17.8 Å². The van der Waals surface area contributed by atoms with Crippen molar-refractivity contribution in [2.24, 2.45) is 0 Å². The van der Waals surface area contributed by atoms with Gasteiger partial charge < -0.3 is 4.74 Å². The van der Waals surface area contributed by atoms with Crippen molar-refractivity contribution in [3.05, 3.63) is 41.5 Å². The first kappa shape index (κ1) is 13.2. The Bertz CT molecular complexity index is 433. The maximum atomic E-state index is 11.8. The van der Waals surface area contributed by atoms with Crippen LogP contribution >= 0.6 is 0 Å². The van der Waals surface area contributed by atoms with E-state index in [1.807, 2.05) is 25.1 Å². The van der Waals surface area contributed by atoms with Crippen molar-refractivity contribution in [3.63, 3.8) is 0 Å². The molecule has 3 nitrogen and oxygen atoms in total. The molecule has 0 unspecified atom stereocenters. The van der Waals surface area contributed by atoms with Crippen LogP contribution in [0.2, 0.25) is 0 Å². The highest BCUT2D eigenvalue weighted by Gasteiger charge is 2.07. The zero-order valence-electron chi connectivity index (χ0n) is 10.1. The van der Waals surface area contributed by atoms with Gasteiger partial charge >= 0.3 is 5.97 Å². The van der Waals surface area contributed by atoms with E-state index in [1.54, 1.807) is 12.1 Å². The number of hydrogen-bond acceptors (Lipinski definition) is 3. The molecule has 0 spiro atoms. The molecule has 0 aliphatic rings. The van der Waals surface area contributed by atoms with Crippen molar-refractivity contribution in [1.82, 2.24) is 0 Å². The van der Waals surface area contributed by atoms with Crippen molar-refractivity contribution in [1.29, 1.82) is 0 Å². The highest BCUT2D eigenvalue weighted by Crippen LogP contribution is 2.14. The Labute approximate surface area is 101 Å². The maximum Gasteiger partial charge on any atom is 0.330 e. The maximum absolute atomic E-state index is 11.8. The van der Waals surface area contributed by atoms with Crippen LogP contribution in [0.5, 0.6) is 0 Å². The van der Waals surface area contributed by atoms with Gasteiger partial charge in [-0.05, 0) is 18.1 Å². The molecule has 0 N–H and O–H groups in total. The van der Waals surface area contributed by atoms with Crippen LogP contribution < -0.4 is 0 Å². The number of carbonyl (C=O) groups is 2. The first-order valence-corrected chi connectivity index (χ1v) is 5.57. The van der Waals surface area contributed by atoms with Crippen LogP contribution in [-0.2, 0) is 9.53 Å². The number of hydrogen-bond donors (Lipinski definition) is 0. The number of rotatable bonds is 5.